The highest BCUT2D eigenvalue weighted by Crippen LogP contribution is 2.45. The van der Waals surface area contributed by atoms with Gasteiger partial charge in [-0.1, -0.05) is 60.7 Å². The van der Waals surface area contributed by atoms with Crippen molar-refractivity contribution >= 4 is 87.8 Å². The average molecular weight is 566 g/mol. The summed E-state index contributed by atoms with van der Waals surface area (Å²) < 4.78 is 24.6. The first-order valence-corrected chi connectivity index (χ1v) is 15.3. The minimum absolute atomic E-state index is 0.430. The van der Waals surface area contributed by atoms with Gasteiger partial charge in [-0.25, -0.2) is 0 Å². The maximum absolute atomic E-state index is 6.67. The second-order valence-electron chi connectivity index (χ2n) is 12.4. The van der Waals surface area contributed by atoms with E-state index in [0.717, 1.165) is 38.6 Å². The van der Waals surface area contributed by atoms with E-state index < -0.39 is 18.3 Å². The van der Waals surface area contributed by atoms with Crippen molar-refractivity contribution in [2.24, 2.45) is 0 Å². The summed E-state index contributed by atoms with van der Waals surface area (Å²) in [4.78, 5) is 0. The summed E-state index contributed by atoms with van der Waals surface area (Å²) in [6.07, 6.45) is 0. The van der Waals surface area contributed by atoms with E-state index in [2.05, 4.69) is 117 Å². The molecule has 0 amide bonds. The molecule has 9 rings (SSSR count). The van der Waals surface area contributed by atoms with E-state index >= 15 is 0 Å². The van der Waals surface area contributed by atoms with Crippen LogP contribution < -0.4 is 5.46 Å². The van der Waals surface area contributed by atoms with Crippen LogP contribution in [0.1, 0.15) is 27.7 Å². The molecule has 204 valence electrons. The molecule has 4 heterocycles. The lowest BCUT2D eigenvalue weighted by Crippen LogP contribution is -2.41. The third-order valence-electron chi connectivity index (χ3n) is 9.44. The molecule has 0 aliphatic carbocycles. The lowest BCUT2D eigenvalue weighted by atomic mass is 9.75. The van der Waals surface area contributed by atoms with Crippen LogP contribution in [-0.4, -0.2) is 22.9 Å². The molecule has 5 aromatic carbocycles. The standard InChI is InChI=1S/C36H28BNO3S/c1-35(2)36(3,4)41-37(40-35)27-20-26-22-11-5-8-14-28(22)38(33(26)34-32(27)25-13-7-10-16-31(25)42-34)21-17-18-24-23-12-6-9-15-29(23)39-30(24)19-21/h5-20H,1-4H3. The number of aromatic nitrogens is 1. The zero-order valence-electron chi connectivity index (χ0n) is 23.9. The van der Waals surface area contributed by atoms with E-state index in [1.54, 1.807) is 0 Å². The third-order valence-corrected chi connectivity index (χ3v) is 10.6. The zero-order chi connectivity index (χ0) is 28.4. The van der Waals surface area contributed by atoms with E-state index in [1.165, 1.54) is 36.5 Å². The Hall–Kier alpha value is -4.10. The van der Waals surface area contributed by atoms with Crippen LogP contribution in [0.2, 0.25) is 0 Å². The van der Waals surface area contributed by atoms with Crippen LogP contribution in [-0.2, 0) is 9.31 Å². The first-order valence-electron chi connectivity index (χ1n) is 14.5. The maximum Gasteiger partial charge on any atom is 0.495 e. The molecule has 42 heavy (non-hydrogen) atoms. The molecule has 1 aliphatic heterocycles. The third kappa shape index (κ3) is 3.20. The van der Waals surface area contributed by atoms with Gasteiger partial charge in [-0.3, -0.25) is 0 Å². The van der Waals surface area contributed by atoms with E-state index in [-0.39, 0.29) is 0 Å². The van der Waals surface area contributed by atoms with Crippen LogP contribution in [0.25, 0.3) is 69.6 Å². The van der Waals surface area contributed by atoms with Crippen molar-refractivity contribution in [3.8, 4) is 5.69 Å². The monoisotopic (exact) mass is 565 g/mol. The lowest BCUT2D eigenvalue weighted by Gasteiger charge is -2.32. The fourth-order valence-corrected chi connectivity index (χ4v) is 7.91. The van der Waals surface area contributed by atoms with Crippen molar-refractivity contribution in [2.45, 2.75) is 38.9 Å². The van der Waals surface area contributed by atoms with E-state index in [0.29, 0.717) is 0 Å². The van der Waals surface area contributed by atoms with E-state index in [1.807, 2.05) is 23.5 Å². The Morgan fingerprint density at radius 3 is 2.12 bits per heavy atom. The molecule has 1 saturated heterocycles. The van der Waals surface area contributed by atoms with Gasteiger partial charge in [-0.05, 0) is 63.5 Å². The Balaban J connectivity index is 1.41. The minimum atomic E-state index is -0.464. The first kappa shape index (κ1) is 24.5. The zero-order valence-corrected chi connectivity index (χ0v) is 24.7. The number of fused-ring (bicyclic) bond motifs is 10. The fourth-order valence-electron chi connectivity index (χ4n) is 6.64. The summed E-state index contributed by atoms with van der Waals surface area (Å²) >= 11 is 1.84. The maximum atomic E-state index is 6.67. The highest BCUT2D eigenvalue weighted by Gasteiger charge is 2.52. The number of hydrogen-bond acceptors (Lipinski definition) is 4. The van der Waals surface area contributed by atoms with Gasteiger partial charge < -0.3 is 18.3 Å². The summed E-state index contributed by atoms with van der Waals surface area (Å²) in [5.41, 5.74) is 5.46. The van der Waals surface area contributed by atoms with Gasteiger partial charge in [0.1, 0.15) is 11.2 Å². The van der Waals surface area contributed by atoms with Crippen molar-refractivity contribution in [3.05, 3.63) is 97.1 Å². The Bertz CT molecular complexity index is 2380. The molecule has 0 saturated carbocycles. The Kier molecular flexibility index (Phi) is 4.82. The van der Waals surface area contributed by atoms with E-state index in [4.69, 9.17) is 13.7 Å². The SMILES string of the molecule is CC1(C)OB(c2cc3c4ccccc4n(-c4ccc5c(c4)oc4ccccc45)c3c3sc4ccccc4c23)OC1(C)C. The van der Waals surface area contributed by atoms with Gasteiger partial charge in [0.05, 0.1) is 26.9 Å². The van der Waals surface area contributed by atoms with Gasteiger partial charge in [0, 0.05) is 48.8 Å². The highest BCUT2D eigenvalue weighted by molar-refractivity contribution is 7.27. The number of rotatable bonds is 2. The summed E-state index contributed by atoms with van der Waals surface area (Å²) in [6, 6.07) is 34.5. The molecular formula is C36H28BNO3S. The van der Waals surface area contributed by atoms with Gasteiger partial charge >= 0.3 is 7.12 Å². The van der Waals surface area contributed by atoms with Crippen LogP contribution in [0.15, 0.2) is 101 Å². The molecule has 0 unspecified atom stereocenters. The van der Waals surface area contributed by atoms with Gasteiger partial charge in [-0.15, -0.1) is 11.3 Å². The fraction of sp³-hybridized carbons (Fsp3) is 0.167. The van der Waals surface area contributed by atoms with Gasteiger partial charge in [-0.2, -0.15) is 0 Å². The molecule has 8 aromatic rings. The quantitative estimate of drug-likeness (QED) is 0.196. The second-order valence-corrected chi connectivity index (χ2v) is 13.4. The summed E-state index contributed by atoms with van der Waals surface area (Å²) in [7, 11) is -0.464. The van der Waals surface area contributed by atoms with Crippen LogP contribution in [0.4, 0.5) is 0 Å². The van der Waals surface area contributed by atoms with E-state index in [9.17, 15) is 0 Å². The lowest BCUT2D eigenvalue weighted by molar-refractivity contribution is 0.00578. The number of nitrogens with zero attached hydrogens (tertiary/aromatic N) is 1. The Morgan fingerprint density at radius 1 is 0.643 bits per heavy atom. The summed E-state index contributed by atoms with van der Waals surface area (Å²) in [5.74, 6) is 0. The number of hydrogen-bond donors (Lipinski definition) is 0. The average Bonchev–Trinajstić information content (AvgIpc) is 3.69. The summed E-state index contributed by atoms with van der Waals surface area (Å²) in [6.45, 7) is 8.48. The van der Waals surface area contributed by atoms with Crippen molar-refractivity contribution in [1.82, 2.24) is 4.57 Å². The molecule has 0 radical (unpaired) electrons. The molecule has 4 nitrogen and oxygen atoms in total. The number of benzene rings is 5. The topological polar surface area (TPSA) is 36.5 Å². The van der Waals surface area contributed by atoms with Crippen LogP contribution in [0.5, 0.6) is 0 Å². The normalized spacial score (nSPS) is 16.7. The first-order chi connectivity index (χ1) is 20.3. The highest BCUT2D eigenvalue weighted by atomic mass is 32.1. The van der Waals surface area contributed by atoms with Gasteiger partial charge in [0.25, 0.3) is 0 Å². The molecule has 0 spiro atoms. The molecule has 0 N–H and O–H groups in total. The Labute approximate surface area is 247 Å². The Morgan fingerprint density at radius 2 is 1.31 bits per heavy atom. The second kappa shape index (κ2) is 8.26. The predicted molar refractivity (Wildman–Crippen MR) is 177 cm³/mol. The number of thiophene rings is 1. The molecule has 0 bridgehead atoms. The van der Waals surface area contributed by atoms with Gasteiger partial charge in [0.15, 0.2) is 0 Å². The number of furan rings is 1. The largest absolute Gasteiger partial charge is 0.495 e. The van der Waals surface area contributed by atoms with Crippen LogP contribution >= 0.6 is 11.3 Å². The molecule has 1 aliphatic rings. The van der Waals surface area contributed by atoms with Crippen molar-refractivity contribution < 1.29 is 13.7 Å². The van der Waals surface area contributed by atoms with Crippen LogP contribution in [0.3, 0.4) is 0 Å². The predicted octanol–water partition coefficient (Wildman–Crippen LogP) is 9.35. The van der Waals surface area contributed by atoms with Crippen LogP contribution in [0, 0.1) is 0 Å². The molecule has 6 heteroatoms. The number of para-hydroxylation sites is 2. The summed E-state index contributed by atoms with van der Waals surface area (Å²) in [5, 5.41) is 7.10. The van der Waals surface area contributed by atoms with Gasteiger partial charge in [0.2, 0.25) is 0 Å². The van der Waals surface area contributed by atoms with Crippen molar-refractivity contribution in [2.75, 3.05) is 0 Å². The van der Waals surface area contributed by atoms with Crippen molar-refractivity contribution in [1.29, 1.82) is 0 Å². The smallest absolute Gasteiger partial charge is 0.456 e. The molecule has 3 aromatic heterocycles. The molecule has 1 fully saturated rings. The molecule has 0 atom stereocenters. The molecular weight excluding hydrogens is 537 g/mol. The van der Waals surface area contributed by atoms with Crippen molar-refractivity contribution in [3.63, 3.8) is 0 Å². The minimum Gasteiger partial charge on any atom is -0.456 e.